The summed E-state index contributed by atoms with van der Waals surface area (Å²) in [6.45, 7) is 0.890. The molecule has 0 spiro atoms. The van der Waals surface area contributed by atoms with Crippen LogP contribution < -0.4 is 11.1 Å². The molecule has 0 aliphatic heterocycles. The van der Waals surface area contributed by atoms with Crippen LogP contribution in [-0.2, 0) is 4.74 Å². The lowest BCUT2D eigenvalue weighted by Crippen LogP contribution is -2.37. The number of methoxy groups -OCH3 is 1. The van der Waals surface area contributed by atoms with E-state index in [1.807, 2.05) is 0 Å². The Bertz CT molecular complexity index is 209. The van der Waals surface area contributed by atoms with Gasteiger partial charge in [0.1, 0.15) is 5.84 Å². The molecule has 0 aromatic rings. The summed E-state index contributed by atoms with van der Waals surface area (Å²) in [5, 5.41) is 14.7. The largest absolute Gasteiger partial charge is 0.409 e. The fraction of sp³-hybridized carbons (Fsp3) is 0.900. The van der Waals surface area contributed by atoms with Gasteiger partial charge in [-0.15, -0.1) is 0 Å². The monoisotopic (exact) mass is 215 g/mol. The average molecular weight is 215 g/mol. The zero-order valence-electron chi connectivity index (χ0n) is 9.28. The van der Waals surface area contributed by atoms with Crippen molar-refractivity contribution in [1.29, 1.82) is 0 Å². The minimum atomic E-state index is 0.298. The summed E-state index contributed by atoms with van der Waals surface area (Å²) >= 11 is 0. The van der Waals surface area contributed by atoms with Crippen molar-refractivity contribution in [3.63, 3.8) is 0 Å². The van der Waals surface area contributed by atoms with Crippen molar-refractivity contribution in [3.8, 4) is 0 Å². The van der Waals surface area contributed by atoms with Crippen molar-refractivity contribution in [1.82, 2.24) is 5.32 Å². The Labute approximate surface area is 90.7 Å². The van der Waals surface area contributed by atoms with Gasteiger partial charge in [-0.1, -0.05) is 5.16 Å². The Balaban J connectivity index is 2.09. The van der Waals surface area contributed by atoms with Crippen molar-refractivity contribution in [2.75, 3.05) is 13.7 Å². The van der Waals surface area contributed by atoms with Gasteiger partial charge in [-0.2, -0.15) is 0 Å². The molecule has 2 unspecified atom stereocenters. The van der Waals surface area contributed by atoms with Gasteiger partial charge in [0, 0.05) is 19.6 Å². The van der Waals surface area contributed by atoms with Gasteiger partial charge in [0.25, 0.3) is 0 Å². The van der Waals surface area contributed by atoms with Crippen LogP contribution in [0, 0.1) is 0 Å². The molecule has 5 heteroatoms. The standard InChI is InChI=1S/C10H21N3O2/c1-15-9-5-2-4-8(9)12-7-3-6-10(11)13-14/h8-9,12,14H,2-7H2,1H3,(H2,11,13). The third kappa shape index (κ3) is 4.05. The summed E-state index contributed by atoms with van der Waals surface area (Å²) in [6.07, 6.45) is 5.44. The highest BCUT2D eigenvalue weighted by Crippen LogP contribution is 2.21. The number of hydrogen-bond donors (Lipinski definition) is 3. The van der Waals surface area contributed by atoms with E-state index in [9.17, 15) is 0 Å². The van der Waals surface area contributed by atoms with Crippen molar-refractivity contribution < 1.29 is 9.94 Å². The van der Waals surface area contributed by atoms with Crippen LogP contribution >= 0.6 is 0 Å². The third-order valence-electron chi connectivity index (χ3n) is 2.90. The molecule has 1 aliphatic carbocycles. The van der Waals surface area contributed by atoms with E-state index in [-0.39, 0.29) is 0 Å². The van der Waals surface area contributed by atoms with Gasteiger partial charge in [-0.05, 0) is 32.2 Å². The Kier molecular flexibility index (Phi) is 5.42. The molecular formula is C10H21N3O2. The number of nitrogens with zero attached hydrogens (tertiary/aromatic N) is 1. The van der Waals surface area contributed by atoms with Crippen LogP contribution in [0.2, 0.25) is 0 Å². The Hall–Kier alpha value is -0.810. The van der Waals surface area contributed by atoms with Gasteiger partial charge in [-0.3, -0.25) is 0 Å². The molecule has 0 heterocycles. The molecule has 1 aliphatic rings. The first-order valence-corrected chi connectivity index (χ1v) is 5.50. The summed E-state index contributed by atoms with van der Waals surface area (Å²) in [7, 11) is 1.76. The first-order chi connectivity index (χ1) is 7.27. The lowest BCUT2D eigenvalue weighted by Gasteiger charge is -2.19. The van der Waals surface area contributed by atoms with E-state index < -0.39 is 0 Å². The van der Waals surface area contributed by atoms with E-state index in [1.165, 1.54) is 12.8 Å². The van der Waals surface area contributed by atoms with Crippen LogP contribution in [0.3, 0.4) is 0 Å². The summed E-state index contributed by atoms with van der Waals surface area (Å²) in [5.74, 6) is 0.298. The highest BCUT2D eigenvalue weighted by molar-refractivity contribution is 5.79. The first kappa shape index (κ1) is 12.3. The van der Waals surface area contributed by atoms with Crippen LogP contribution in [0.4, 0.5) is 0 Å². The van der Waals surface area contributed by atoms with Crippen molar-refractivity contribution in [2.45, 2.75) is 44.2 Å². The van der Waals surface area contributed by atoms with E-state index in [2.05, 4.69) is 10.5 Å². The van der Waals surface area contributed by atoms with E-state index in [1.54, 1.807) is 7.11 Å². The molecule has 4 N–H and O–H groups in total. The predicted molar refractivity (Wildman–Crippen MR) is 59.1 cm³/mol. The van der Waals surface area contributed by atoms with Gasteiger partial charge in [0.15, 0.2) is 0 Å². The number of nitrogens with one attached hydrogen (secondary N) is 1. The molecule has 0 radical (unpaired) electrons. The van der Waals surface area contributed by atoms with Crippen molar-refractivity contribution in [2.24, 2.45) is 10.9 Å². The maximum absolute atomic E-state index is 8.35. The fourth-order valence-corrected chi connectivity index (χ4v) is 2.05. The quantitative estimate of drug-likeness (QED) is 0.200. The van der Waals surface area contributed by atoms with Gasteiger partial charge < -0.3 is 21.0 Å². The number of nitrogens with two attached hydrogens (primary N) is 1. The van der Waals surface area contributed by atoms with Crippen LogP contribution in [-0.4, -0.2) is 36.8 Å². The Morgan fingerprint density at radius 3 is 3.07 bits per heavy atom. The van der Waals surface area contributed by atoms with Crippen molar-refractivity contribution in [3.05, 3.63) is 0 Å². The zero-order valence-corrected chi connectivity index (χ0v) is 9.28. The van der Waals surface area contributed by atoms with Crippen LogP contribution in [0.15, 0.2) is 5.16 Å². The second-order valence-corrected chi connectivity index (χ2v) is 3.96. The molecule has 0 aromatic heterocycles. The molecule has 0 saturated heterocycles. The third-order valence-corrected chi connectivity index (χ3v) is 2.90. The molecule has 0 bridgehead atoms. The first-order valence-electron chi connectivity index (χ1n) is 5.50. The highest BCUT2D eigenvalue weighted by atomic mass is 16.5. The normalized spacial score (nSPS) is 27.1. The number of rotatable bonds is 6. The van der Waals surface area contributed by atoms with E-state index in [4.69, 9.17) is 15.7 Å². The fourth-order valence-electron chi connectivity index (χ4n) is 2.05. The minimum Gasteiger partial charge on any atom is -0.409 e. The SMILES string of the molecule is COC1CCCC1NCCCC(N)=NO. The molecule has 1 fully saturated rings. The average Bonchev–Trinajstić information content (AvgIpc) is 2.71. The van der Waals surface area contributed by atoms with Gasteiger partial charge in [0.2, 0.25) is 0 Å². The topological polar surface area (TPSA) is 79.9 Å². The number of oxime groups is 1. The van der Waals surface area contributed by atoms with Crippen LogP contribution in [0.5, 0.6) is 0 Å². The second-order valence-electron chi connectivity index (χ2n) is 3.96. The number of ether oxygens (including phenoxy) is 1. The number of amidine groups is 1. The Morgan fingerprint density at radius 1 is 1.60 bits per heavy atom. The van der Waals surface area contributed by atoms with E-state index >= 15 is 0 Å². The smallest absolute Gasteiger partial charge is 0.139 e. The second kappa shape index (κ2) is 6.63. The molecular weight excluding hydrogens is 194 g/mol. The molecule has 0 amide bonds. The molecule has 88 valence electrons. The molecule has 2 atom stereocenters. The molecule has 15 heavy (non-hydrogen) atoms. The summed E-state index contributed by atoms with van der Waals surface area (Å²) in [4.78, 5) is 0. The molecule has 0 aromatic carbocycles. The lowest BCUT2D eigenvalue weighted by molar-refractivity contribution is 0.0853. The number of hydrogen-bond acceptors (Lipinski definition) is 4. The van der Waals surface area contributed by atoms with Crippen LogP contribution in [0.1, 0.15) is 32.1 Å². The van der Waals surface area contributed by atoms with E-state index in [0.29, 0.717) is 24.4 Å². The Morgan fingerprint density at radius 2 is 2.40 bits per heavy atom. The molecule has 1 saturated carbocycles. The van der Waals surface area contributed by atoms with E-state index in [0.717, 1.165) is 19.4 Å². The maximum Gasteiger partial charge on any atom is 0.139 e. The van der Waals surface area contributed by atoms with Crippen molar-refractivity contribution >= 4 is 5.84 Å². The van der Waals surface area contributed by atoms with Crippen LogP contribution in [0.25, 0.3) is 0 Å². The van der Waals surface area contributed by atoms with Gasteiger partial charge >= 0.3 is 0 Å². The van der Waals surface area contributed by atoms with Gasteiger partial charge in [-0.25, -0.2) is 0 Å². The highest BCUT2D eigenvalue weighted by Gasteiger charge is 2.25. The summed E-state index contributed by atoms with van der Waals surface area (Å²) in [5.41, 5.74) is 5.37. The minimum absolute atomic E-state index is 0.298. The molecule has 1 rings (SSSR count). The zero-order chi connectivity index (χ0) is 11.1. The van der Waals surface area contributed by atoms with Gasteiger partial charge in [0.05, 0.1) is 6.10 Å². The molecule has 5 nitrogen and oxygen atoms in total. The lowest BCUT2D eigenvalue weighted by atomic mass is 10.2. The maximum atomic E-state index is 8.35. The summed E-state index contributed by atoms with van der Waals surface area (Å²) in [6, 6.07) is 0.474. The summed E-state index contributed by atoms with van der Waals surface area (Å²) < 4.78 is 5.37. The predicted octanol–water partition coefficient (Wildman–Crippen LogP) is 0.670.